The number of ether oxygens (including phenoxy) is 2. The van der Waals surface area contributed by atoms with Gasteiger partial charge in [0.25, 0.3) is 0 Å². The van der Waals surface area contributed by atoms with Crippen molar-refractivity contribution in [2.45, 2.75) is 26.4 Å². The Kier molecular flexibility index (Phi) is 4.85. The summed E-state index contributed by atoms with van der Waals surface area (Å²) in [6.07, 6.45) is 1.75. The summed E-state index contributed by atoms with van der Waals surface area (Å²) in [4.78, 5) is 0. The monoisotopic (exact) mass is 289 g/mol. The van der Waals surface area contributed by atoms with Gasteiger partial charge in [0.2, 0.25) is 0 Å². The highest BCUT2D eigenvalue weighted by molar-refractivity contribution is 5.45. The van der Waals surface area contributed by atoms with Crippen LogP contribution in [0.5, 0.6) is 11.5 Å². The molecule has 21 heavy (non-hydrogen) atoms. The number of aryl methyl sites for hydroxylation is 2. The molecule has 1 aromatic heterocycles. The first-order valence-electron chi connectivity index (χ1n) is 7.07. The zero-order valence-corrected chi connectivity index (χ0v) is 13.3. The smallest absolute Gasteiger partial charge is 0.161 e. The van der Waals surface area contributed by atoms with Crippen molar-refractivity contribution in [3.05, 3.63) is 41.2 Å². The van der Waals surface area contributed by atoms with Crippen molar-refractivity contribution in [3.63, 3.8) is 0 Å². The molecule has 1 aromatic carbocycles. The van der Waals surface area contributed by atoms with Crippen LogP contribution in [0.3, 0.4) is 0 Å². The lowest BCUT2D eigenvalue weighted by Crippen LogP contribution is -2.22. The molecule has 0 spiro atoms. The standard InChI is InChI=1S/C16H23N3O2/c1-6-19-16(14(21-5)10-18-19)15(17-3)12-8-7-11(2)9-13(12)20-4/h7-10,15,17H,6H2,1-5H3. The third-order valence-corrected chi connectivity index (χ3v) is 3.63. The number of hydrogen-bond acceptors (Lipinski definition) is 4. The topological polar surface area (TPSA) is 48.3 Å². The summed E-state index contributed by atoms with van der Waals surface area (Å²) in [5, 5.41) is 7.73. The highest BCUT2D eigenvalue weighted by Crippen LogP contribution is 2.35. The van der Waals surface area contributed by atoms with E-state index in [0.717, 1.165) is 29.3 Å². The van der Waals surface area contributed by atoms with E-state index in [2.05, 4.69) is 36.4 Å². The Morgan fingerprint density at radius 1 is 1.24 bits per heavy atom. The van der Waals surface area contributed by atoms with Gasteiger partial charge in [-0.15, -0.1) is 0 Å². The minimum atomic E-state index is -0.0436. The largest absolute Gasteiger partial charge is 0.496 e. The molecule has 1 N–H and O–H groups in total. The van der Waals surface area contributed by atoms with Crippen LogP contribution >= 0.6 is 0 Å². The molecule has 0 aliphatic carbocycles. The lowest BCUT2D eigenvalue weighted by atomic mass is 10.0. The number of methoxy groups -OCH3 is 2. The molecule has 0 radical (unpaired) electrons. The van der Waals surface area contributed by atoms with E-state index in [-0.39, 0.29) is 6.04 Å². The quantitative estimate of drug-likeness (QED) is 0.888. The van der Waals surface area contributed by atoms with Crippen molar-refractivity contribution in [3.8, 4) is 11.5 Å². The molecule has 0 aliphatic heterocycles. The van der Waals surface area contributed by atoms with Crippen LogP contribution in [0.15, 0.2) is 24.4 Å². The van der Waals surface area contributed by atoms with E-state index < -0.39 is 0 Å². The second-order valence-electron chi connectivity index (χ2n) is 4.88. The molecule has 0 bridgehead atoms. The van der Waals surface area contributed by atoms with Gasteiger partial charge in [-0.05, 0) is 32.5 Å². The lowest BCUT2D eigenvalue weighted by Gasteiger charge is -2.21. The molecule has 0 saturated carbocycles. The van der Waals surface area contributed by atoms with Gasteiger partial charge in [-0.2, -0.15) is 5.10 Å². The van der Waals surface area contributed by atoms with E-state index in [9.17, 15) is 0 Å². The van der Waals surface area contributed by atoms with Gasteiger partial charge in [-0.25, -0.2) is 0 Å². The van der Waals surface area contributed by atoms with Crippen molar-refractivity contribution in [1.82, 2.24) is 15.1 Å². The Morgan fingerprint density at radius 3 is 2.52 bits per heavy atom. The molecule has 0 amide bonds. The summed E-state index contributed by atoms with van der Waals surface area (Å²) >= 11 is 0. The van der Waals surface area contributed by atoms with Crippen LogP contribution in [0.25, 0.3) is 0 Å². The Balaban J connectivity index is 2.57. The fraction of sp³-hybridized carbons (Fsp3) is 0.438. The predicted octanol–water partition coefficient (Wildman–Crippen LogP) is 2.54. The van der Waals surface area contributed by atoms with Gasteiger partial charge in [-0.3, -0.25) is 4.68 Å². The molecule has 0 aliphatic rings. The molecule has 2 aromatic rings. The summed E-state index contributed by atoms with van der Waals surface area (Å²) in [6.45, 7) is 4.90. The van der Waals surface area contributed by atoms with E-state index in [0.29, 0.717) is 0 Å². The van der Waals surface area contributed by atoms with E-state index >= 15 is 0 Å². The molecule has 1 atom stereocenters. The Bertz CT molecular complexity index is 586. The SMILES string of the molecule is CCn1ncc(OC)c1C(NC)c1ccc(C)cc1OC. The third kappa shape index (κ3) is 2.88. The highest BCUT2D eigenvalue weighted by atomic mass is 16.5. The average molecular weight is 289 g/mol. The fourth-order valence-electron chi connectivity index (χ4n) is 2.57. The first-order valence-corrected chi connectivity index (χ1v) is 7.07. The zero-order chi connectivity index (χ0) is 15.4. The molecule has 1 heterocycles. The van der Waals surface area contributed by atoms with E-state index in [1.165, 1.54) is 5.56 Å². The molecule has 0 fully saturated rings. The van der Waals surface area contributed by atoms with Crippen molar-refractivity contribution in [2.75, 3.05) is 21.3 Å². The van der Waals surface area contributed by atoms with Crippen LogP contribution in [0.1, 0.15) is 29.8 Å². The first kappa shape index (κ1) is 15.4. The summed E-state index contributed by atoms with van der Waals surface area (Å²) in [5.41, 5.74) is 3.24. The van der Waals surface area contributed by atoms with Gasteiger partial charge < -0.3 is 14.8 Å². The van der Waals surface area contributed by atoms with Crippen molar-refractivity contribution in [2.24, 2.45) is 0 Å². The summed E-state index contributed by atoms with van der Waals surface area (Å²) < 4.78 is 13.0. The predicted molar refractivity (Wildman–Crippen MR) is 83.1 cm³/mol. The normalized spacial score (nSPS) is 12.2. The van der Waals surface area contributed by atoms with Crippen LogP contribution < -0.4 is 14.8 Å². The van der Waals surface area contributed by atoms with Crippen molar-refractivity contribution in [1.29, 1.82) is 0 Å². The molecule has 5 nitrogen and oxygen atoms in total. The first-order chi connectivity index (χ1) is 10.2. The number of hydrogen-bond donors (Lipinski definition) is 1. The lowest BCUT2D eigenvalue weighted by molar-refractivity contribution is 0.391. The van der Waals surface area contributed by atoms with Crippen molar-refractivity contribution >= 4 is 0 Å². The van der Waals surface area contributed by atoms with E-state index in [4.69, 9.17) is 9.47 Å². The van der Waals surface area contributed by atoms with E-state index in [1.54, 1.807) is 20.4 Å². The maximum Gasteiger partial charge on any atom is 0.161 e. The van der Waals surface area contributed by atoms with Gasteiger partial charge in [-0.1, -0.05) is 12.1 Å². The summed E-state index contributed by atoms with van der Waals surface area (Å²) in [7, 11) is 5.29. The Labute approximate surface area is 125 Å². The molecule has 2 rings (SSSR count). The molecule has 114 valence electrons. The summed E-state index contributed by atoms with van der Waals surface area (Å²) in [6, 6.07) is 6.17. The number of nitrogens with zero attached hydrogens (tertiary/aromatic N) is 2. The van der Waals surface area contributed by atoms with Crippen LogP contribution in [-0.2, 0) is 6.54 Å². The minimum absolute atomic E-state index is 0.0436. The Hall–Kier alpha value is -2.01. The van der Waals surface area contributed by atoms with Crippen LogP contribution in [-0.4, -0.2) is 31.0 Å². The third-order valence-electron chi connectivity index (χ3n) is 3.63. The van der Waals surface area contributed by atoms with Crippen LogP contribution in [0.2, 0.25) is 0 Å². The van der Waals surface area contributed by atoms with Gasteiger partial charge in [0.15, 0.2) is 5.75 Å². The van der Waals surface area contributed by atoms with Gasteiger partial charge in [0, 0.05) is 12.1 Å². The fourth-order valence-corrected chi connectivity index (χ4v) is 2.57. The van der Waals surface area contributed by atoms with Crippen LogP contribution in [0.4, 0.5) is 0 Å². The molecular formula is C16H23N3O2. The number of rotatable bonds is 6. The van der Waals surface area contributed by atoms with Gasteiger partial charge in [0.1, 0.15) is 11.4 Å². The number of nitrogens with one attached hydrogen (secondary N) is 1. The van der Waals surface area contributed by atoms with Gasteiger partial charge in [0.05, 0.1) is 26.5 Å². The van der Waals surface area contributed by atoms with Crippen molar-refractivity contribution < 1.29 is 9.47 Å². The second-order valence-corrected chi connectivity index (χ2v) is 4.88. The van der Waals surface area contributed by atoms with Gasteiger partial charge >= 0.3 is 0 Å². The number of benzene rings is 1. The molecule has 5 heteroatoms. The average Bonchev–Trinajstić information content (AvgIpc) is 2.92. The minimum Gasteiger partial charge on any atom is -0.496 e. The second kappa shape index (κ2) is 6.63. The van der Waals surface area contributed by atoms with Crippen LogP contribution in [0, 0.1) is 6.92 Å². The Morgan fingerprint density at radius 2 is 1.95 bits per heavy atom. The molecule has 1 unspecified atom stereocenters. The maximum atomic E-state index is 5.54. The summed E-state index contributed by atoms with van der Waals surface area (Å²) in [5.74, 6) is 1.64. The maximum absolute atomic E-state index is 5.54. The zero-order valence-electron chi connectivity index (χ0n) is 13.3. The molecule has 0 saturated heterocycles. The highest BCUT2D eigenvalue weighted by Gasteiger charge is 2.24. The molecular weight excluding hydrogens is 266 g/mol. The van der Waals surface area contributed by atoms with E-state index in [1.807, 2.05) is 17.8 Å². The number of aromatic nitrogens is 2.